The van der Waals surface area contributed by atoms with Gasteiger partial charge in [0.25, 0.3) is 0 Å². The van der Waals surface area contributed by atoms with Gasteiger partial charge in [-0.15, -0.1) is 0 Å². The molecule has 4 rings (SSSR count). The van der Waals surface area contributed by atoms with Gasteiger partial charge in [-0.1, -0.05) is 12.1 Å². The summed E-state index contributed by atoms with van der Waals surface area (Å²) in [6, 6.07) is 11.0. The molecule has 3 aromatic heterocycles. The first-order chi connectivity index (χ1) is 14.0. The zero-order chi connectivity index (χ0) is 20.4. The van der Waals surface area contributed by atoms with Crippen molar-refractivity contribution in [3.8, 4) is 11.3 Å². The summed E-state index contributed by atoms with van der Waals surface area (Å²) in [7, 11) is 0. The largest absolute Gasteiger partial charge is 0.444 e. The number of hydrogen-bond acceptors (Lipinski definition) is 5. The minimum atomic E-state index is -0.718. The Morgan fingerprint density at radius 1 is 1.28 bits per heavy atom. The van der Waals surface area contributed by atoms with Crippen molar-refractivity contribution in [1.29, 1.82) is 0 Å². The Kier molecular flexibility index (Phi) is 5.09. The number of nitrogens with zero attached hydrogens (tertiary/aromatic N) is 4. The summed E-state index contributed by atoms with van der Waals surface area (Å²) in [5.41, 5.74) is 1.74. The number of nitrogens with one attached hydrogen (secondary N) is 1. The van der Waals surface area contributed by atoms with Gasteiger partial charge < -0.3 is 4.74 Å². The van der Waals surface area contributed by atoms with Crippen LogP contribution in [0.1, 0.15) is 5.56 Å². The van der Waals surface area contributed by atoms with Crippen LogP contribution in [0.2, 0.25) is 0 Å². The summed E-state index contributed by atoms with van der Waals surface area (Å²) < 4.78 is 22.3. The third-order valence-corrected chi connectivity index (χ3v) is 4.62. The van der Waals surface area contributed by atoms with Gasteiger partial charge >= 0.3 is 6.09 Å². The number of amides is 1. The zero-order valence-electron chi connectivity index (χ0n) is 14.8. The maximum absolute atomic E-state index is 14.2. The number of carbonyl (C=O) groups excluding carboxylic acids is 1. The first kappa shape index (κ1) is 18.8. The second-order valence-electron chi connectivity index (χ2n) is 6.02. The molecule has 1 amide bonds. The van der Waals surface area contributed by atoms with E-state index in [9.17, 15) is 14.4 Å². The fraction of sp³-hybridized carbons (Fsp3) is 0.0526. The van der Waals surface area contributed by atoms with Crippen molar-refractivity contribution < 1.29 is 23.9 Å². The molecule has 10 heteroatoms. The monoisotopic (exact) mass is 458 g/mol. The molecule has 146 valence electrons. The molecule has 0 bridgehead atoms. The summed E-state index contributed by atoms with van der Waals surface area (Å²) in [6.45, 7) is 0.00384. The Morgan fingerprint density at radius 2 is 2.03 bits per heavy atom. The third-order valence-electron chi connectivity index (χ3n) is 4.06. The van der Waals surface area contributed by atoms with Crippen LogP contribution in [0.25, 0.3) is 16.9 Å². The highest BCUT2D eigenvalue weighted by atomic mass is 79.9. The van der Waals surface area contributed by atoms with Crippen LogP contribution >= 0.6 is 15.9 Å². The molecule has 0 unspecified atom stereocenters. The lowest BCUT2D eigenvalue weighted by Crippen LogP contribution is -2.28. The Balaban J connectivity index is 1.61. The van der Waals surface area contributed by atoms with Crippen molar-refractivity contribution >= 4 is 33.5 Å². The number of rotatable bonds is 4. The van der Waals surface area contributed by atoms with E-state index < -0.39 is 11.9 Å². The van der Waals surface area contributed by atoms with E-state index in [1.54, 1.807) is 30.3 Å². The number of anilines is 1. The molecule has 3 heterocycles. The van der Waals surface area contributed by atoms with Gasteiger partial charge in [0, 0.05) is 34.1 Å². The van der Waals surface area contributed by atoms with E-state index in [-0.39, 0.29) is 12.4 Å². The molecule has 0 aliphatic rings. The highest BCUT2D eigenvalue weighted by molar-refractivity contribution is 9.10. The lowest BCUT2D eigenvalue weighted by Gasteiger charge is -2.11. The number of pyridine rings is 1. The number of ether oxygens (including phenoxy) is 1. The van der Waals surface area contributed by atoms with Gasteiger partial charge in [0.15, 0.2) is 5.65 Å². The minimum Gasteiger partial charge on any atom is -0.444 e. The van der Waals surface area contributed by atoms with Crippen LogP contribution in [0, 0.1) is 5.82 Å². The highest BCUT2D eigenvalue weighted by Crippen LogP contribution is 2.27. The average molecular weight is 459 g/mol. The number of fused-ring (bicyclic) bond motifs is 1. The number of hydrogen-bond donors (Lipinski definition) is 2. The maximum Gasteiger partial charge on any atom is 0.413 e. The molecule has 4 aromatic rings. The predicted molar refractivity (Wildman–Crippen MR) is 104 cm³/mol. The second kappa shape index (κ2) is 7.84. The number of benzene rings is 1. The molecule has 0 saturated carbocycles. The summed E-state index contributed by atoms with van der Waals surface area (Å²) in [5.74, 6) is -0.163. The van der Waals surface area contributed by atoms with E-state index >= 15 is 0 Å². The third kappa shape index (κ3) is 4.02. The van der Waals surface area contributed by atoms with Crippen molar-refractivity contribution in [2.45, 2.75) is 6.61 Å². The molecule has 1 aromatic carbocycles. The van der Waals surface area contributed by atoms with E-state index in [0.717, 1.165) is 4.73 Å². The Hall–Kier alpha value is -3.53. The SMILES string of the molecule is O=C(Nc1cc(-c2ccccc2F)nc2c(Br)cnn12)OCc1cc[n+](O)cc1. The Bertz CT molecular complexity index is 1200. The zero-order valence-corrected chi connectivity index (χ0v) is 16.4. The maximum atomic E-state index is 14.2. The summed E-state index contributed by atoms with van der Waals surface area (Å²) in [4.78, 5) is 16.7. The number of carbonyl (C=O) groups is 1. The van der Waals surface area contributed by atoms with Gasteiger partial charge in [-0.3, -0.25) is 10.5 Å². The molecular formula is C19H14BrFN5O3+. The first-order valence-electron chi connectivity index (χ1n) is 8.43. The molecule has 29 heavy (non-hydrogen) atoms. The van der Waals surface area contributed by atoms with Crippen molar-refractivity contribution in [2.24, 2.45) is 0 Å². The standard InChI is InChI=1S/C19H13BrFN5O3/c20-14-10-22-26-17(24-19(27)29-11-12-5-7-25(28)8-6-12)9-16(23-18(14)26)13-3-1-2-4-15(13)21/h1-10H,11H2,(H-,22,23,24,27,28)/p+1. The average Bonchev–Trinajstić information content (AvgIpc) is 3.09. The lowest BCUT2D eigenvalue weighted by atomic mass is 10.1. The van der Waals surface area contributed by atoms with Crippen LogP contribution in [-0.2, 0) is 11.3 Å². The predicted octanol–water partition coefficient (Wildman–Crippen LogP) is 3.57. The normalized spacial score (nSPS) is 10.8. The molecule has 2 N–H and O–H groups in total. The molecule has 8 nitrogen and oxygen atoms in total. The van der Waals surface area contributed by atoms with Gasteiger partial charge in [0.2, 0.25) is 12.4 Å². The van der Waals surface area contributed by atoms with Crippen molar-refractivity contribution in [2.75, 3.05) is 5.32 Å². The van der Waals surface area contributed by atoms with E-state index in [0.29, 0.717) is 26.9 Å². The fourth-order valence-corrected chi connectivity index (χ4v) is 3.02. The van der Waals surface area contributed by atoms with Crippen LogP contribution in [-0.4, -0.2) is 25.9 Å². The topological polar surface area (TPSA) is 92.6 Å². The Labute approximate surface area is 172 Å². The fourth-order valence-electron chi connectivity index (χ4n) is 2.67. The molecule has 0 saturated heterocycles. The molecule has 0 aliphatic heterocycles. The highest BCUT2D eigenvalue weighted by Gasteiger charge is 2.16. The quantitative estimate of drug-likeness (QED) is 0.360. The number of aromatic nitrogens is 4. The summed E-state index contributed by atoms with van der Waals surface area (Å²) in [6.07, 6.45) is 3.65. The Morgan fingerprint density at radius 3 is 2.79 bits per heavy atom. The van der Waals surface area contributed by atoms with E-state index in [1.165, 1.54) is 35.2 Å². The lowest BCUT2D eigenvalue weighted by molar-refractivity contribution is -0.904. The minimum absolute atomic E-state index is 0.00384. The van der Waals surface area contributed by atoms with Crippen molar-refractivity contribution in [1.82, 2.24) is 14.6 Å². The summed E-state index contributed by atoms with van der Waals surface area (Å²) >= 11 is 3.35. The van der Waals surface area contributed by atoms with E-state index in [2.05, 4.69) is 31.3 Å². The van der Waals surface area contributed by atoms with Crippen molar-refractivity contribution in [3.63, 3.8) is 0 Å². The first-order valence-corrected chi connectivity index (χ1v) is 9.23. The van der Waals surface area contributed by atoms with Crippen LogP contribution in [0.4, 0.5) is 15.0 Å². The molecule has 0 fully saturated rings. The van der Waals surface area contributed by atoms with Gasteiger partial charge in [0.05, 0.1) is 16.4 Å². The number of halogens is 2. The molecule has 0 radical (unpaired) electrons. The van der Waals surface area contributed by atoms with Crippen LogP contribution in [0.15, 0.2) is 65.5 Å². The molecule has 0 spiro atoms. The van der Waals surface area contributed by atoms with Crippen LogP contribution in [0.5, 0.6) is 0 Å². The van der Waals surface area contributed by atoms with Crippen LogP contribution < -0.4 is 10.0 Å². The van der Waals surface area contributed by atoms with Gasteiger partial charge in [-0.05, 0) is 28.1 Å². The summed E-state index contributed by atoms with van der Waals surface area (Å²) in [5, 5.41) is 16.0. The smallest absolute Gasteiger partial charge is 0.413 e. The molecular weight excluding hydrogens is 445 g/mol. The van der Waals surface area contributed by atoms with Gasteiger partial charge in [0.1, 0.15) is 18.2 Å². The van der Waals surface area contributed by atoms with E-state index in [1.807, 2.05) is 0 Å². The van der Waals surface area contributed by atoms with Gasteiger partial charge in [-0.2, -0.15) is 9.61 Å². The van der Waals surface area contributed by atoms with Crippen molar-refractivity contribution in [3.05, 3.63) is 76.9 Å². The van der Waals surface area contributed by atoms with Crippen LogP contribution in [0.3, 0.4) is 0 Å². The second-order valence-corrected chi connectivity index (χ2v) is 6.88. The van der Waals surface area contributed by atoms with Gasteiger partial charge in [-0.25, -0.2) is 14.2 Å². The molecule has 0 aliphatic carbocycles. The molecule has 0 atom stereocenters. The van der Waals surface area contributed by atoms with E-state index in [4.69, 9.17) is 4.74 Å².